The highest BCUT2D eigenvalue weighted by Crippen LogP contribution is 2.42. The van der Waals surface area contributed by atoms with E-state index in [9.17, 15) is 9.59 Å². The van der Waals surface area contributed by atoms with Gasteiger partial charge in [0.2, 0.25) is 5.91 Å². The fourth-order valence-corrected chi connectivity index (χ4v) is 3.78. The van der Waals surface area contributed by atoms with Crippen LogP contribution in [0.2, 0.25) is 0 Å². The van der Waals surface area contributed by atoms with Crippen LogP contribution in [0.15, 0.2) is 24.3 Å². The van der Waals surface area contributed by atoms with E-state index in [2.05, 4.69) is 11.4 Å². The Labute approximate surface area is 116 Å². The minimum atomic E-state index is -0.688. The van der Waals surface area contributed by atoms with Crippen LogP contribution >= 0.6 is 11.8 Å². The van der Waals surface area contributed by atoms with Crippen molar-refractivity contribution in [3.8, 4) is 0 Å². The molecule has 1 aliphatic heterocycles. The number of rotatable bonds is 3. The summed E-state index contributed by atoms with van der Waals surface area (Å²) in [6.07, 6.45) is 6.86. The highest BCUT2D eigenvalue weighted by molar-refractivity contribution is 8.01. The Morgan fingerprint density at radius 1 is 1.32 bits per heavy atom. The molecule has 19 heavy (non-hydrogen) atoms. The van der Waals surface area contributed by atoms with Gasteiger partial charge in [0.25, 0.3) is 0 Å². The van der Waals surface area contributed by atoms with E-state index in [1.807, 2.05) is 18.2 Å². The molecule has 5 nitrogen and oxygen atoms in total. The average Bonchev–Trinajstić information content (AvgIpc) is 2.67. The molecule has 4 atom stereocenters. The third-order valence-electron chi connectivity index (χ3n) is 2.95. The maximum absolute atomic E-state index is 11.5. The molecule has 1 N–H and O–H groups in total. The first-order valence-corrected chi connectivity index (χ1v) is 7.17. The van der Waals surface area contributed by atoms with E-state index in [-0.39, 0.29) is 29.1 Å². The number of amides is 1. The number of hydrogen-bond donors (Lipinski definition) is 1. The Morgan fingerprint density at radius 3 is 2.74 bits per heavy atom. The fourth-order valence-electron chi connectivity index (χ4n) is 2.20. The number of carbonyl (C=O) groups excluding carboxylic acids is 2. The lowest BCUT2D eigenvalue weighted by Gasteiger charge is -2.23. The minimum Gasteiger partial charge on any atom is -0.435 e. The molecule has 1 saturated heterocycles. The molecule has 1 aliphatic carbocycles. The molecule has 0 bridgehead atoms. The summed E-state index contributed by atoms with van der Waals surface area (Å²) in [5.74, 6) is -0.0715. The van der Waals surface area contributed by atoms with E-state index in [0.29, 0.717) is 0 Å². The number of allylic oxidation sites excluding steroid dienone is 2. The lowest BCUT2D eigenvalue weighted by Crippen LogP contribution is -2.42. The third-order valence-corrected chi connectivity index (χ3v) is 4.41. The van der Waals surface area contributed by atoms with Gasteiger partial charge in [-0.05, 0) is 6.92 Å². The first-order chi connectivity index (χ1) is 9.11. The van der Waals surface area contributed by atoms with E-state index < -0.39 is 12.3 Å². The third kappa shape index (κ3) is 3.32. The van der Waals surface area contributed by atoms with Crippen molar-refractivity contribution >= 4 is 23.8 Å². The van der Waals surface area contributed by atoms with Crippen molar-refractivity contribution in [2.45, 2.75) is 30.6 Å². The lowest BCUT2D eigenvalue weighted by molar-refractivity contribution is -0.119. The molecule has 1 heterocycles. The second-order valence-corrected chi connectivity index (χ2v) is 5.66. The lowest BCUT2D eigenvalue weighted by atomic mass is 9.94. The van der Waals surface area contributed by atoms with Gasteiger partial charge in [0, 0.05) is 18.1 Å². The van der Waals surface area contributed by atoms with Crippen molar-refractivity contribution in [3.63, 3.8) is 0 Å². The summed E-state index contributed by atoms with van der Waals surface area (Å²) in [5, 5.41) is 2.78. The summed E-state index contributed by atoms with van der Waals surface area (Å²) in [5.41, 5.74) is 0. The van der Waals surface area contributed by atoms with Gasteiger partial charge in [-0.25, -0.2) is 4.79 Å². The van der Waals surface area contributed by atoms with Crippen molar-refractivity contribution in [1.29, 1.82) is 0 Å². The minimum absolute atomic E-state index is 0.0660. The number of hydrogen-bond acceptors (Lipinski definition) is 5. The maximum Gasteiger partial charge on any atom is 0.508 e. The van der Waals surface area contributed by atoms with E-state index in [0.717, 1.165) is 0 Å². The molecular formula is C13H17NO4S. The van der Waals surface area contributed by atoms with Crippen LogP contribution in [0, 0.1) is 5.92 Å². The Bertz CT molecular complexity index is 421. The topological polar surface area (TPSA) is 64.6 Å². The summed E-state index contributed by atoms with van der Waals surface area (Å²) in [6, 6.07) is 0. The molecule has 6 heteroatoms. The van der Waals surface area contributed by atoms with Crippen molar-refractivity contribution < 1.29 is 19.1 Å². The van der Waals surface area contributed by atoms with Gasteiger partial charge in [0.1, 0.15) is 11.5 Å². The van der Waals surface area contributed by atoms with Gasteiger partial charge in [-0.1, -0.05) is 24.3 Å². The summed E-state index contributed by atoms with van der Waals surface area (Å²) in [7, 11) is 0. The normalized spacial score (nSPS) is 31.7. The first-order valence-electron chi connectivity index (χ1n) is 6.22. The largest absolute Gasteiger partial charge is 0.508 e. The van der Waals surface area contributed by atoms with Gasteiger partial charge in [-0.15, -0.1) is 11.8 Å². The quantitative estimate of drug-likeness (QED) is 0.801. The number of thioether (sulfide) groups is 1. The maximum atomic E-state index is 11.5. The van der Waals surface area contributed by atoms with Crippen LogP contribution < -0.4 is 5.32 Å². The molecule has 2 aliphatic rings. The Kier molecular flexibility index (Phi) is 4.52. The highest BCUT2D eigenvalue weighted by Gasteiger charge is 2.45. The zero-order valence-corrected chi connectivity index (χ0v) is 11.7. The van der Waals surface area contributed by atoms with Gasteiger partial charge in [-0.2, -0.15) is 0 Å². The van der Waals surface area contributed by atoms with Crippen LogP contribution in [0.4, 0.5) is 4.79 Å². The zero-order chi connectivity index (χ0) is 13.8. The Hall–Kier alpha value is -1.43. The highest BCUT2D eigenvalue weighted by atomic mass is 32.2. The van der Waals surface area contributed by atoms with Gasteiger partial charge < -0.3 is 14.8 Å². The second kappa shape index (κ2) is 6.14. The summed E-state index contributed by atoms with van der Waals surface area (Å²) >= 11 is 1.59. The number of ether oxygens (including phenoxy) is 2. The molecule has 0 aromatic carbocycles. The van der Waals surface area contributed by atoms with Gasteiger partial charge in [-0.3, -0.25) is 4.79 Å². The van der Waals surface area contributed by atoms with Crippen molar-refractivity contribution in [2.24, 2.45) is 5.92 Å². The van der Waals surface area contributed by atoms with E-state index in [4.69, 9.17) is 9.47 Å². The summed E-state index contributed by atoms with van der Waals surface area (Å²) < 4.78 is 10.2. The van der Waals surface area contributed by atoms with Gasteiger partial charge in [0.15, 0.2) is 0 Å². The van der Waals surface area contributed by atoms with Crippen LogP contribution in [-0.2, 0) is 14.3 Å². The molecule has 0 aromatic rings. The van der Waals surface area contributed by atoms with Crippen LogP contribution in [0.1, 0.15) is 13.8 Å². The molecule has 0 saturated carbocycles. The van der Waals surface area contributed by atoms with E-state index >= 15 is 0 Å². The molecule has 0 spiro atoms. The molecule has 1 amide bonds. The first kappa shape index (κ1) is 14.0. The average molecular weight is 283 g/mol. The van der Waals surface area contributed by atoms with Crippen LogP contribution in [-0.4, -0.2) is 35.4 Å². The Balaban J connectivity index is 2.09. The molecule has 0 radical (unpaired) electrons. The second-order valence-electron chi connectivity index (χ2n) is 4.33. The predicted molar refractivity (Wildman–Crippen MR) is 72.6 cm³/mol. The predicted octanol–water partition coefficient (Wildman–Crippen LogP) is 1.85. The van der Waals surface area contributed by atoms with E-state index in [1.54, 1.807) is 18.7 Å². The molecule has 1 fully saturated rings. The Morgan fingerprint density at radius 2 is 2.05 bits per heavy atom. The number of nitrogens with one attached hydrogen (secondary N) is 1. The molecular weight excluding hydrogens is 266 g/mol. The van der Waals surface area contributed by atoms with Crippen molar-refractivity contribution in [1.82, 2.24) is 5.32 Å². The van der Waals surface area contributed by atoms with Crippen molar-refractivity contribution in [3.05, 3.63) is 24.3 Å². The smallest absolute Gasteiger partial charge is 0.435 e. The van der Waals surface area contributed by atoms with Crippen LogP contribution in [0.5, 0.6) is 0 Å². The summed E-state index contributed by atoms with van der Waals surface area (Å²) in [4.78, 5) is 22.7. The zero-order valence-electron chi connectivity index (χ0n) is 10.9. The molecule has 104 valence electrons. The monoisotopic (exact) mass is 283 g/mol. The van der Waals surface area contributed by atoms with E-state index in [1.165, 1.54) is 6.92 Å². The van der Waals surface area contributed by atoms with Gasteiger partial charge >= 0.3 is 6.16 Å². The van der Waals surface area contributed by atoms with Crippen molar-refractivity contribution in [2.75, 3.05) is 6.61 Å². The standard InChI is InChI=1S/C13H17NO4S/c1-3-17-13(16)18-11-9-6-4-5-7-10(9)19-12(11)14-8(2)15/h4-7,9-12H,3H2,1-2H3,(H,14,15). The molecule has 0 aromatic heterocycles. The van der Waals surface area contributed by atoms with Crippen LogP contribution in [0.25, 0.3) is 0 Å². The SMILES string of the molecule is CCOC(=O)OC1C(NC(C)=O)SC2C=CC=CC21. The number of carbonyl (C=O) groups is 2. The summed E-state index contributed by atoms with van der Waals surface area (Å²) in [6.45, 7) is 3.45. The van der Waals surface area contributed by atoms with Crippen LogP contribution in [0.3, 0.4) is 0 Å². The fraction of sp³-hybridized carbons (Fsp3) is 0.538. The molecule has 4 unspecified atom stereocenters. The molecule has 2 rings (SSSR count). The number of fused-ring (bicyclic) bond motifs is 1. The van der Waals surface area contributed by atoms with Gasteiger partial charge in [0.05, 0.1) is 6.61 Å².